The first-order valence-electron chi connectivity index (χ1n) is 8.93. The maximum absolute atomic E-state index is 11.8. The van der Waals surface area contributed by atoms with Gasteiger partial charge in [0.1, 0.15) is 5.75 Å². The molecule has 4 heteroatoms. The summed E-state index contributed by atoms with van der Waals surface area (Å²) in [4.78, 5) is 14.3. The molecule has 1 saturated carbocycles. The zero-order valence-corrected chi connectivity index (χ0v) is 14.1. The number of carbonyl (C=O) groups is 1. The van der Waals surface area contributed by atoms with Crippen molar-refractivity contribution in [2.24, 2.45) is 5.92 Å². The van der Waals surface area contributed by atoms with Crippen LogP contribution in [-0.2, 0) is 4.79 Å². The van der Waals surface area contributed by atoms with Gasteiger partial charge in [-0.3, -0.25) is 4.79 Å². The van der Waals surface area contributed by atoms with E-state index >= 15 is 0 Å². The number of aryl methyl sites for hydroxylation is 1. The monoisotopic (exact) mass is 316 g/mol. The Balaban J connectivity index is 1.28. The third-order valence-corrected chi connectivity index (χ3v) is 4.85. The van der Waals surface area contributed by atoms with Crippen molar-refractivity contribution in [1.29, 1.82) is 0 Å². The van der Waals surface area contributed by atoms with E-state index in [1.54, 1.807) is 0 Å². The number of rotatable bonds is 7. The fraction of sp³-hybridized carbons (Fsp3) is 0.632. The molecule has 4 nitrogen and oxygen atoms in total. The predicted octanol–water partition coefficient (Wildman–Crippen LogP) is 2.75. The summed E-state index contributed by atoms with van der Waals surface area (Å²) in [5.74, 6) is 1.61. The van der Waals surface area contributed by atoms with E-state index < -0.39 is 0 Å². The number of para-hydroxylation sites is 1. The van der Waals surface area contributed by atoms with Crippen molar-refractivity contribution >= 4 is 5.91 Å². The van der Waals surface area contributed by atoms with Gasteiger partial charge in [-0.1, -0.05) is 18.2 Å². The standard InChI is InChI=1S/C19H28N2O2/c1-15-5-2-3-6-18(15)23-14-4-11-21-12-9-17(10-13-21)20-19(22)16-7-8-16/h2-3,5-6,16-17H,4,7-14H2,1H3,(H,20,22). The molecule has 0 spiro atoms. The average Bonchev–Trinajstić information content (AvgIpc) is 3.39. The molecule has 3 rings (SSSR count). The lowest BCUT2D eigenvalue weighted by Crippen LogP contribution is -2.45. The Hall–Kier alpha value is -1.55. The molecule has 1 aromatic carbocycles. The molecule has 1 amide bonds. The zero-order valence-electron chi connectivity index (χ0n) is 14.1. The second kappa shape index (κ2) is 7.82. The Morgan fingerprint density at radius 1 is 1.22 bits per heavy atom. The summed E-state index contributed by atoms with van der Waals surface area (Å²) in [6.07, 6.45) is 5.39. The van der Waals surface area contributed by atoms with E-state index in [1.165, 1.54) is 5.56 Å². The van der Waals surface area contributed by atoms with E-state index in [-0.39, 0.29) is 5.91 Å². The van der Waals surface area contributed by atoms with Crippen molar-refractivity contribution in [2.45, 2.75) is 45.1 Å². The van der Waals surface area contributed by atoms with Gasteiger partial charge in [0.2, 0.25) is 5.91 Å². The summed E-state index contributed by atoms with van der Waals surface area (Å²) < 4.78 is 5.85. The van der Waals surface area contributed by atoms with E-state index in [0.717, 1.165) is 64.1 Å². The Morgan fingerprint density at radius 2 is 1.96 bits per heavy atom. The molecule has 0 bridgehead atoms. The van der Waals surface area contributed by atoms with E-state index in [2.05, 4.69) is 23.2 Å². The van der Waals surface area contributed by atoms with Crippen molar-refractivity contribution in [3.05, 3.63) is 29.8 Å². The molecule has 0 aromatic heterocycles. The Kier molecular flexibility index (Phi) is 5.55. The molecule has 1 aliphatic heterocycles. The van der Waals surface area contributed by atoms with Gasteiger partial charge in [0.15, 0.2) is 0 Å². The summed E-state index contributed by atoms with van der Waals surface area (Å²) in [5.41, 5.74) is 1.19. The van der Waals surface area contributed by atoms with E-state index in [9.17, 15) is 4.79 Å². The number of nitrogens with one attached hydrogen (secondary N) is 1. The lowest BCUT2D eigenvalue weighted by molar-refractivity contribution is -0.123. The minimum atomic E-state index is 0.287. The van der Waals surface area contributed by atoms with Gasteiger partial charge in [-0.15, -0.1) is 0 Å². The Morgan fingerprint density at radius 3 is 2.65 bits per heavy atom. The lowest BCUT2D eigenvalue weighted by Gasteiger charge is -2.32. The van der Waals surface area contributed by atoms with Crippen molar-refractivity contribution in [2.75, 3.05) is 26.2 Å². The smallest absolute Gasteiger partial charge is 0.223 e. The predicted molar refractivity (Wildman–Crippen MR) is 91.6 cm³/mol. The number of likely N-dealkylation sites (tertiary alicyclic amines) is 1. The first-order chi connectivity index (χ1) is 11.2. The van der Waals surface area contributed by atoms with Gasteiger partial charge in [0, 0.05) is 31.6 Å². The summed E-state index contributed by atoms with van der Waals surface area (Å²) in [6.45, 7) is 6.09. The van der Waals surface area contributed by atoms with Crippen LogP contribution >= 0.6 is 0 Å². The minimum absolute atomic E-state index is 0.287. The molecule has 2 fully saturated rings. The Bertz CT molecular complexity index is 520. The highest BCUT2D eigenvalue weighted by molar-refractivity contribution is 5.81. The van der Waals surface area contributed by atoms with Crippen molar-refractivity contribution < 1.29 is 9.53 Å². The van der Waals surface area contributed by atoms with Crippen molar-refractivity contribution in [1.82, 2.24) is 10.2 Å². The largest absolute Gasteiger partial charge is 0.493 e. The fourth-order valence-electron chi connectivity index (χ4n) is 3.15. The number of hydrogen-bond acceptors (Lipinski definition) is 3. The van der Waals surface area contributed by atoms with Gasteiger partial charge in [0.05, 0.1) is 6.61 Å². The number of nitrogens with zero attached hydrogens (tertiary/aromatic N) is 1. The normalized spacial score (nSPS) is 19.5. The molecule has 1 aromatic rings. The highest BCUT2D eigenvalue weighted by Gasteiger charge is 2.31. The van der Waals surface area contributed by atoms with Crippen molar-refractivity contribution in [3.8, 4) is 5.75 Å². The lowest BCUT2D eigenvalue weighted by atomic mass is 10.0. The van der Waals surface area contributed by atoms with Crippen LogP contribution in [0.25, 0.3) is 0 Å². The number of ether oxygens (including phenoxy) is 1. The zero-order chi connectivity index (χ0) is 16.1. The Labute approximate surface area is 139 Å². The van der Waals surface area contributed by atoms with Gasteiger partial charge in [-0.2, -0.15) is 0 Å². The summed E-state index contributed by atoms with van der Waals surface area (Å²) in [7, 11) is 0. The number of hydrogen-bond donors (Lipinski definition) is 1. The van der Waals surface area contributed by atoms with Crippen LogP contribution < -0.4 is 10.1 Å². The van der Waals surface area contributed by atoms with E-state index in [0.29, 0.717) is 12.0 Å². The minimum Gasteiger partial charge on any atom is -0.493 e. The van der Waals surface area contributed by atoms with Crippen LogP contribution in [0, 0.1) is 12.8 Å². The van der Waals surface area contributed by atoms with Crippen LogP contribution in [0.1, 0.15) is 37.7 Å². The van der Waals surface area contributed by atoms with Gasteiger partial charge in [-0.25, -0.2) is 0 Å². The molecule has 23 heavy (non-hydrogen) atoms. The van der Waals surface area contributed by atoms with Crippen molar-refractivity contribution in [3.63, 3.8) is 0 Å². The molecule has 0 unspecified atom stereocenters. The molecule has 1 saturated heterocycles. The van der Waals surface area contributed by atoms with Crippen LogP contribution in [0.5, 0.6) is 5.75 Å². The molecule has 0 radical (unpaired) electrons. The highest BCUT2D eigenvalue weighted by atomic mass is 16.5. The van der Waals surface area contributed by atoms with E-state index in [1.807, 2.05) is 18.2 Å². The maximum Gasteiger partial charge on any atom is 0.223 e. The summed E-state index contributed by atoms with van der Waals surface area (Å²) in [5, 5.41) is 3.21. The second-order valence-electron chi connectivity index (χ2n) is 6.87. The molecular formula is C19H28N2O2. The molecule has 126 valence electrons. The molecular weight excluding hydrogens is 288 g/mol. The van der Waals surface area contributed by atoms with Crippen LogP contribution in [-0.4, -0.2) is 43.1 Å². The van der Waals surface area contributed by atoms with Gasteiger partial charge >= 0.3 is 0 Å². The van der Waals surface area contributed by atoms with Gasteiger partial charge in [-0.05, 0) is 50.7 Å². The SMILES string of the molecule is Cc1ccccc1OCCCN1CCC(NC(=O)C2CC2)CC1. The first kappa shape index (κ1) is 16.3. The van der Waals surface area contributed by atoms with Crippen LogP contribution in [0.3, 0.4) is 0 Å². The highest BCUT2D eigenvalue weighted by Crippen LogP contribution is 2.29. The average molecular weight is 316 g/mol. The quantitative estimate of drug-likeness (QED) is 0.787. The fourth-order valence-corrected chi connectivity index (χ4v) is 3.15. The topological polar surface area (TPSA) is 41.6 Å². The number of benzene rings is 1. The molecule has 1 N–H and O–H groups in total. The third kappa shape index (κ3) is 4.96. The second-order valence-corrected chi connectivity index (χ2v) is 6.87. The van der Waals surface area contributed by atoms with Gasteiger partial charge < -0.3 is 15.0 Å². The molecule has 2 aliphatic rings. The van der Waals surface area contributed by atoms with E-state index in [4.69, 9.17) is 4.74 Å². The first-order valence-corrected chi connectivity index (χ1v) is 8.93. The van der Waals surface area contributed by atoms with Crippen LogP contribution in [0.15, 0.2) is 24.3 Å². The number of carbonyl (C=O) groups excluding carboxylic acids is 1. The maximum atomic E-state index is 11.8. The number of amides is 1. The van der Waals surface area contributed by atoms with Crippen LogP contribution in [0.2, 0.25) is 0 Å². The molecule has 1 aliphatic carbocycles. The molecule has 0 atom stereocenters. The number of piperidine rings is 1. The molecule has 1 heterocycles. The van der Waals surface area contributed by atoms with Crippen LogP contribution in [0.4, 0.5) is 0 Å². The summed E-state index contributed by atoms with van der Waals surface area (Å²) in [6, 6.07) is 8.55. The van der Waals surface area contributed by atoms with Gasteiger partial charge in [0.25, 0.3) is 0 Å². The summed E-state index contributed by atoms with van der Waals surface area (Å²) >= 11 is 0. The third-order valence-electron chi connectivity index (χ3n) is 4.85.